The number of hydrogen-bond acceptors (Lipinski definition) is 3. The Morgan fingerprint density at radius 1 is 1.15 bits per heavy atom. The molecule has 2 atom stereocenters. The van der Waals surface area contributed by atoms with Crippen LogP contribution >= 0.6 is 0 Å². The number of rotatable bonds is 5. The van der Waals surface area contributed by atoms with Gasteiger partial charge in [-0.25, -0.2) is 0 Å². The first-order chi connectivity index (χ1) is 12.5. The lowest BCUT2D eigenvalue weighted by atomic mass is 10.0. The molecule has 0 saturated carbocycles. The van der Waals surface area contributed by atoms with E-state index in [0.717, 1.165) is 5.56 Å². The van der Waals surface area contributed by atoms with E-state index >= 15 is 0 Å². The fraction of sp³-hybridized carbons (Fsp3) is 0.333. The second kappa shape index (κ2) is 7.60. The number of methoxy groups -OCH3 is 1. The summed E-state index contributed by atoms with van der Waals surface area (Å²) in [7, 11) is 3.38. The molecule has 2 aromatic rings. The summed E-state index contributed by atoms with van der Waals surface area (Å²) in [5.41, 5.74) is 1.79. The molecule has 1 saturated heterocycles. The quantitative estimate of drug-likeness (QED) is 0.830. The molecule has 1 aliphatic heterocycles. The predicted octanol–water partition coefficient (Wildman–Crippen LogP) is 3.27. The summed E-state index contributed by atoms with van der Waals surface area (Å²) >= 11 is 0. The minimum absolute atomic E-state index is 0.00731. The summed E-state index contributed by atoms with van der Waals surface area (Å²) < 4.78 is 5.36. The summed E-state index contributed by atoms with van der Waals surface area (Å²) in [6, 6.07) is 17.3. The van der Waals surface area contributed by atoms with E-state index in [1.807, 2.05) is 61.5 Å². The van der Waals surface area contributed by atoms with Crippen LogP contribution in [-0.2, 0) is 9.59 Å². The molecule has 26 heavy (non-hydrogen) atoms. The highest BCUT2D eigenvalue weighted by Crippen LogP contribution is 2.34. The van der Waals surface area contributed by atoms with Crippen molar-refractivity contribution in [2.24, 2.45) is 5.92 Å². The molecule has 2 unspecified atom stereocenters. The average Bonchev–Trinajstić information content (AvgIpc) is 3.08. The molecule has 3 rings (SSSR count). The van der Waals surface area contributed by atoms with Crippen molar-refractivity contribution < 1.29 is 14.3 Å². The predicted molar refractivity (Wildman–Crippen MR) is 101 cm³/mol. The number of carbonyl (C=O) groups is 2. The third-order valence-electron chi connectivity index (χ3n) is 5.06. The highest BCUT2D eigenvalue weighted by atomic mass is 16.5. The maximum Gasteiger partial charge on any atom is 0.228 e. The molecule has 2 amide bonds. The van der Waals surface area contributed by atoms with Crippen LogP contribution in [0.2, 0.25) is 0 Å². The average molecular weight is 352 g/mol. The van der Waals surface area contributed by atoms with Gasteiger partial charge in [0.2, 0.25) is 11.8 Å². The Labute approximate surface area is 154 Å². The van der Waals surface area contributed by atoms with Gasteiger partial charge in [-0.3, -0.25) is 9.59 Å². The van der Waals surface area contributed by atoms with Crippen LogP contribution in [0, 0.1) is 5.92 Å². The Kier molecular flexibility index (Phi) is 5.26. The van der Waals surface area contributed by atoms with Gasteiger partial charge in [0.15, 0.2) is 0 Å². The van der Waals surface area contributed by atoms with Gasteiger partial charge in [0.25, 0.3) is 0 Å². The number of benzene rings is 2. The van der Waals surface area contributed by atoms with Crippen LogP contribution in [0.1, 0.15) is 24.9 Å². The van der Waals surface area contributed by atoms with Crippen molar-refractivity contribution in [3.05, 3.63) is 60.2 Å². The van der Waals surface area contributed by atoms with Crippen LogP contribution < -0.4 is 9.64 Å². The number of ether oxygens (including phenoxy) is 1. The van der Waals surface area contributed by atoms with Gasteiger partial charge in [-0.15, -0.1) is 0 Å². The highest BCUT2D eigenvalue weighted by molar-refractivity contribution is 6.01. The lowest BCUT2D eigenvalue weighted by Crippen LogP contribution is -2.36. The minimum atomic E-state index is -0.344. The normalized spacial score (nSPS) is 17.9. The van der Waals surface area contributed by atoms with E-state index < -0.39 is 0 Å². The van der Waals surface area contributed by atoms with Crippen molar-refractivity contribution in [1.29, 1.82) is 0 Å². The summed E-state index contributed by atoms with van der Waals surface area (Å²) in [6.45, 7) is 2.38. The van der Waals surface area contributed by atoms with Gasteiger partial charge in [0.1, 0.15) is 5.75 Å². The minimum Gasteiger partial charge on any atom is -0.495 e. The molecule has 0 N–H and O–H groups in total. The zero-order valence-corrected chi connectivity index (χ0v) is 15.4. The van der Waals surface area contributed by atoms with Crippen LogP contribution in [0.3, 0.4) is 0 Å². The Morgan fingerprint density at radius 3 is 2.50 bits per heavy atom. The number of para-hydroxylation sites is 2. The molecule has 0 spiro atoms. The molecule has 1 aliphatic rings. The van der Waals surface area contributed by atoms with Crippen molar-refractivity contribution >= 4 is 17.5 Å². The molecule has 5 nitrogen and oxygen atoms in total. The Morgan fingerprint density at radius 2 is 1.81 bits per heavy atom. The van der Waals surface area contributed by atoms with Gasteiger partial charge >= 0.3 is 0 Å². The molecule has 0 bridgehead atoms. The Balaban J connectivity index is 1.74. The van der Waals surface area contributed by atoms with Gasteiger partial charge in [-0.1, -0.05) is 42.5 Å². The van der Waals surface area contributed by atoms with Crippen LogP contribution in [0.15, 0.2) is 54.6 Å². The molecule has 0 aliphatic carbocycles. The van der Waals surface area contributed by atoms with Gasteiger partial charge in [0.05, 0.1) is 24.8 Å². The van der Waals surface area contributed by atoms with Crippen LogP contribution in [0.4, 0.5) is 5.69 Å². The summed E-state index contributed by atoms with van der Waals surface area (Å²) in [4.78, 5) is 28.9. The van der Waals surface area contributed by atoms with Crippen LogP contribution in [0.25, 0.3) is 0 Å². The van der Waals surface area contributed by atoms with E-state index in [1.165, 1.54) is 0 Å². The zero-order chi connectivity index (χ0) is 18.7. The largest absolute Gasteiger partial charge is 0.495 e. The van der Waals surface area contributed by atoms with Gasteiger partial charge in [-0.05, 0) is 24.6 Å². The first-order valence-electron chi connectivity index (χ1n) is 8.78. The summed E-state index contributed by atoms with van der Waals surface area (Å²) in [6.07, 6.45) is 0.225. The molecular weight excluding hydrogens is 328 g/mol. The third-order valence-corrected chi connectivity index (χ3v) is 5.06. The van der Waals surface area contributed by atoms with Gasteiger partial charge in [0, 0.05) is 20.0 Å². The number of amides is 2. The van der Waals surface area contributed by atoms with Crippen molar-refractivity contribution in [2.75, 3.05) is 25.6 Å². The fourth-order valence-corrected chi connectivity index (χ4v) is 3.39. The lowest BCUT2D eigenvalue weighted by Gasteiger charge is -2.28. The van der Waals surface area contributed by atoms with Gasteiger partial charge < -0.3 is 14.5 Å². The number of anilines is 1. The maximum absolute atomic E-state index is 13.0. The van der Waals surface area contributed by atoms with E-state index in [2.05, 4.69) is 0 Å². The lowest BCUT2D eigenvalue weighted by molar-refractivity contribution is -0.136. The fourth-order valence-electron chi connectivity index (χ4n) is 3.39. The second-order valence-electron chi connectivity index (χ2n) is 6.61. The number of hydrogen-bond donors (Lipinski definition) is 0. The van der Waals surface area contributed by atoms with E-state index in [-0.39, 0.29) is 30.2 Å². The van der Waals surface area contributed by atoms with Crippen molar-refractivity contribution in [3.8, 4) is 5.75 Å². The smallest absolute Gasteiger partial charge is 0.228 e. The maximum atomic E-state index is 13.0. The standard InChI is InChI=1S/C21H24N2O3/c1-15(16-9-5-4-6-10-16)22(2)21(25)17-13-20(24)23(14-17)18-11-7-8-12-19(18)26-3/h4-12,15,17H,13-14H2,1-3H3. The van der Waals surface area contributed by atoms with E-state index in [1.54, 1.807) is 24.0 Å². The highest BCUT2D eigenvalue weighted by Gasteiger charge is 2.38. The first kappa shape index (κ1) is 18.0. The summed E-state index contributed by atoms with van der Waals surface area (Å²) in [5, 5.41) is 0. The Hall–Kier alpha value is -2.82. The molecule has 1 heterocycles. The molecule has 136 valence electrons. The van der Waals surface area contributed by atoms with E-state index in [4.69, 9.17) is 4.74 Å². The summed E-state index contributed by atoms with van der Waals surface area (Å²) in [5.74, 6) is 0.240. The van der Waals surface area contributed by atoms with Crippen molar-refractivity contribution in [2.45, 2.75) is 19.4 Å². The van der Waals surface area contributed by atoms with Crippen molar-refractivity contribution in [1.82, 2.24) is 4.90 Å². The van der Waals surface area contributed by atoms with Gasteiger partial charge in [-0.2, -0.15) is 0 Å². The monoisotopic (exact) mass is 352 g/mol. The van der Waals surface area contributed by atoms with Crippen LogP contribution in [-0.4, -0.2) is 37.4 Å². The molecular formula is C21H24N2O3. The SMILES string of the molecule is COc1ccccc1N1CC(C(=O)N(C)C(C)c2ccccc2)CC1=O. The first-order valence-corrected chi connectivity index (χ1v) is 8.78. The van der Waals surface area contributed by atoms with E-state index in [0.29, 0.717) is 18.0 Å². The van der Waals surface area contributed by atoms with E-state index in [9.17, 15) is 9.59 Å². The van der Waals surface area contributed by atoms with Crippen LogP contribution in [0.5, 0.6) is 5.75 Å². The number of carbonyl (C=O) groups excluding carboxylic acids is 2. The molecule has 2 aromatic carbocycles. The number of nitrogens with zero attached hydrogens (tertiary/aromatic N) is 2. The topological polar surface area (TPSA) is 49.9 Å². The Bertz CT molecular complexity index is 791. The van der Waals surface area contributed by atoms with Crippen molar-refractivity contribution in [3.63, 3.8) is 0 Å². The molecule has 0 aromatic heterocycles. The molecule has 1 fully saturated rings. The second-order valence-corrected chi connectivity index (χ2v) is 6.61. The molecule has 5 heteroatoms. The molecule has 0 radical (unpaired) electrons. The zero-order valence-electron chi connectivity index (χ0n) is 15.4. The third kappa shape index (κ3) is 3.43.